The van der Waals surface area contributed by atoms with E-state index in [9.17, 15) is 13.2 Å². The SMILES string of the molecule is Cc1cccc(CNc2ccc(N)c(C(F)(F)F)c2)c1. The topological polar surface area (TPSA) is 38.0 Å². The van der Waals surface area contributed by atoms with Crippen molar-refractivity contribution in [2.24, 2.45) is 0 Å². The maximum Gasteiger partial charge on any atom is 0.418 e. The molecule has 0 atom stereocenters. The lowest BCUT2D eigenvalue weighted by Gasteiger charge is -2.13. The smallest absolute Gasteiger partial charge is 0.398 e. The number of hydrogen-bond acceptors (Lipinski definition) is 2. The van der Waals surface area contributed by atoms with Crippen LogP contribution in [0.3, 0.4) is 0 Å². The Kier molecular flexibility index (Phi) is 3.88. The minimum atomic E-state index is -4.44. The highest BCUT2D eigenvalue weighted by Gasteiger charge is 2.33. The quantitative estimate of drug-likeness (QED) is 0.827. The molecule has 0 heterocycles. The van der Waals surface area contributed by atoms with Gasteiger partial charge in [-0.1, -0.05) is 29.8 Å². The molecule has 0 amide bonds. The van der Waals surface area contributed by atoms with Gasteiger partial charge in [-0.15, -0.1) is 0 Å². The minimum absolute atomic E-state index is 0.265. The normalized spacial score (nSPS) is 11.4. The molecule has 20 heavy (non-hydrogen) atoms. The van der Waals surface area contributed by atoms with E-state index in [1.165, 1.54) is 6.07 Å². The summed E-state index contributed by atoms with van der Waals surface area (Å²) in [5.74, 6) is 0. The van der Waals surface area contributed by atoms with E-state index in [-0.39, 0.29) is 5.69 Å². The van der Waals surface area contributed by atoms with Crippen molar-refractivity contribution in [1.82, 2.24) is 0 Å². The Morgan fingerprint density at radius 2 is 1.85 bits per heavy atom. The number of nitrogen functional groups attached to an aromatic ring is 1. The number of benzene rings is 2. The van der Waals surface area contributed by atoms with Crippen molar-refractivity contribution >= 4 is 11.4 Å². The second-order valence-corrected chi connectivity index (χ2v) is 4.64. The molecule has 0 aliphatic rings. The van der Waals surface area contributed by atoms with E-state index in [4.69, 9.17) is 5.73 Å². The number of halogens is 3. The molecule has 0 unspecified atom stereocenters. The van der Waals surface area contributed by atoms with Crippen LogP contribution in [-0.4, -0.2) is 0 Å². The van der Waals surface area contributed by atoms with Crippen LogP contribution < -0.4 is 11.1 Å². The van der Waals surface area contributed by atoms with Crippen LogP contribution in [0.2, 0.25) is 0 Å². The molecule has 2 aromatic rings. The van der Waals surface area contributed by atoms with Gasteiger partial charge in [-0.25, -0.2) is 0 Å². The summed E-state index contributed by atoms with van der Waals surface area (Å²) in [6.45, 7) is 2.43. The van der Waals surface area contributed by atoms with E-state index >= 15 is 0 Å². The summed E-state index contributed by atoms with van der Waals surface area (Å²) < 4.78 is 38.2. The van der Waals surface area contributed by atoms with Crippen LogP contribution >= 0.6 is 0 Å². The summed E-state index contributed by atoms with van der Waals surface area (Å²) >= 11 is 0. The maximum absolute atomic E-state index is 12.7. The van der Waals surface area contributed by atoms with Gasteiger partial charge in [0.05, 0.1) is 5.56 Å². The van der Waals surface area contributed by atoms with Crippen molar-refractivity contribution in [2.45, 2.75) is 19.6 Å². The average molecular weight is 280 g/mol. The van der Waals surface area contributed by atoms with Gasteiger partial charge in [-0.3, -0.25) is 0 Å². The molecular formula is C15H15F3N2. The molecule has 106 valence electrons. The van der Waals surface area contributed by atoms with Crippen molar-refractivity contribution in [3.8, 4) is 0 Å². The highest BCUT2D eigenvalue weighted by molar-refractivity contribution is 5.58. The molecular weight excluding hydrogens is 265 g/mol. The summed E-state index contributed by atoms with van der Waals surface area (Å²) in [7, 11) is 0. The highest BCUT2D eigenvalue weighted by Crippen LogP contribution is 2.35. The van der Waals surface area contributed by atoms with Crippen LogP contribution in [-0.2, 0) is 12.7 Å². The van der Waals surface area contributed by atoms with Crippen molar-refractivity contribution in [3.05, 3.63) is 59.2 Å². The van der Waals surface area contributed by atoms with Crippen molar-refractivity contribution in [3.63, 3.8) is 0 Å². The molecule has 2 rings (SSSR count). The first-order valence-electron chi connectivity index (χ1n) is 6.12. The van der Waals surface area contributed by atoms with E-state index in [2.05, 4.69) is 5.32 Å². The Bertz CT molecular complexity index is 606. The average Bonchev–Trinajstić information content (AvgIpc) is 2.36. The monoisotopic (exact) mass is 280 g/mol. The van der Waals surface area contributed by atoms with Crippen molar-refractivity contribution in [1.29, 1.82) is 0 Å². The van der Waals surface area contributed by atoms with Crippen LogP contribution in [0.5, 0.6) is 0 Å². The number of aryl methyl sites for hydroxylation is 1. The molecule has 0 aliphatic carbocycles. The lowest BCUT2D eigenvalue weighted by Crippen LogP contribution is -2.10. The van der Waals surface area contributed by atoms with Gasteiger partial charge in [0.25, 0.3) is 0 Å². The summed E-state index contributed by atoms with van der Waals surface area (Å²) in [5, 5.41) is 2.97. The fraction of sp³-hybridized carbons (Fsp3) is 0.200. The Morgan fingerprint density at radius 3 is 2.50 bits per heavy atom. The second-order valence-electron chi connectivity index (χ2n) is 4.64. The molecule has 0 saturated heterocycles. The van der Waals surface area contributed by atoms with Crippen LogP contribution in [0.4, 0.5) is 24.5 Å². The molecule has 3 N–H and O–H groups in total. The molecule has 2 nitrogen and oxygen atoms in total. The summed E-state index contributed by atoms with van der Waals surface area (Å²) in [6.07, 6.45) is -4.44. The van der Waals surface area contributed by atoms with Crippen LogP contribution in [0.15, 0.2) is 42.5 Å². The van der Waals surface area contributed by atoms with Gasteiger partial charge < -0.3 is 11.1 Å². The largest absolute Gasteiger partial charge is 0.418 e. The Morgan fingerprint density at radius 1 is 1.10 bits per heavy atom. The summed E-state index contributed by atoms with van der Waals surface area (Å²) in [5.41, 5.74) is 6.79. The predicted molar refractivity (Wildman–Crippen MR) is 74.4 cm³/mol. The molecule has 0 saturated carbocycles. The van der Waals surface area contributed by atoms with Gasteiger partial charge in [0.1, 0.15) is 0 Å². The Labute approximate surface area is 115 Å². The zero-order valence-corrected chi connectivity index (χ0v) is 11.0. The van der Waals surface area contributed by atoms with Gasteiger partial charge in [0, 0.05) is 17.9 Å². The van der Waals surface area contributed by atoms with Crippen LogP contribution in [0.1, 0.15) is 16.7 Å². The number of rotatable bonds is 3. The van der Waals surface area contributed by atoms with Gasteiger partial charge in [-0.2, -0.15) is 13.2 Å². The molecule has 0 aromatic heterocycles. The number of alkyl halides is 3. The molecule has 5 heteroatoms. The van der Waals surface area contributed by atoms with E-state index in [0.717, 1.165) is 17.2 Å². The zero-order valence-electron chi connectivity index (χ0n) is 11.0. The van der Waals surface area contributed by atoms with E-state index < -0.39 is 11.7 Å². The number of nitrogens with one attached hydrogen (secondary N) is 1. The van der Waals surface area contributed by atoms with E-state index in [1.807, 2.05) is 31.2 Å². The fourth-order valence-corrected chi connectivity index (χ4v) is 1.94. The number of hydrogen-bond donors (Lipinski definition) is 2. The number of nitrogens with two attached hydrogens (primary N) is 1. The molecule has 0 bridgehead atoms. The van der Waals surface area contributed by atoms with Gasteiger partial charge >= 0.3 is 6.18 Å². The standard InChI is InChI=1S/C15H15F3N2/c1-10-3-2-4-11(7-10)9-20-12-5-6-14(19)13(8-12)15(16,17)18/h2-8,20H,9,19H2,1H3. The third-order valence-electron chi connectivity index (χ3n) is 2.94. The first-order valence-corrected chi connectivity index (χ1v) is 6.12. The Hall–Kier alpha value is -2.17. The first kappa shape index (κ1) is 14.2. The highest BCUT2D eigenvalue weighted by atomic mass is 19.4. The zero-order chi connectivity index (χ0) is 14.8. The van der Waals surface area contributed by atoms with Crippen LogP contribution in [0, 0.1) is 6.92 Å². The van der Waals surface area contributed by atoms with E-state index in [0.29, 0.717) is 12.2 Å². The summed E-state index contributed by atoms with van der Waals surface area (Å²) in [6, 6.07) is 11.6. The predicted octanol–water partition coefficient (Wildman–Crippen LogP) is 4.21. The number of anilines is 2. The minimum Gasteiger partial charge on any atom is -0.398 e. The van der Waals surface area contributed by atoms with E-state index in [1.54, 1.807) is 6.07 Å². The third-order valence-corrected chi connectivity index (χ3v) is 2.94. The molecule has 0 fully saturated rings. The lowest BCUT2D eigenvalue weighted by molar-refractivity contribution is -0.136. The molecule has 0 radical (unpaired) electrons. The van der Waals surface area contributed by atoms with Gasteiger partial charge in [0.15, 0.2) is 0 Å². The molecule has 2 aromatic carbocycles. The Balaban J connectivity index is 2.14. The van der Waals surface area contributed by atoms with Crippen LogP contribution in [0.25, 0.3) is 0 Å². The van der Waals surface area contributed by atoms with Crippen molar-refractivity contribution < 1.29 is 13.2 Å². The summed E-state index contributed by atoms with van der Waals surface area (Å²) in [4.78, 5) is 0. The van der Waals surface area contributed by atoms with Crippen molar-refractivity contribution in [2.75, 3.05) is 11.1 Å². The van der Waals surface area contributed by atoms with Gasteiger partial charge in [0.2, 0.25) is 0 Å². The first-order chi connectivity index (χ1) is 9.36. The second kappa shape index (κ2) is 5.45. The lowest BCUT2D eigenvalue weighted by atomic mass is 10.1. The maximum atomic E-state index is 12.7. The van der Waals surface area contributed by atoms with Gasteiger partial charge in [-0.05, 0) is 30.7 Å². The third kappa shape index (κ3) is 3.44. The molecule has 0 spiro atoms. The fourth-order valence-electron chi connectivity index (χ4n) is 1.94. The molecule has 0 aliphatic heterocycles.